The van der Waals surface area contributed by atoms with Crippen molar-refractivity contribution in [1.29, 1.82) is 0 Å². The van der Waals surface area contributed by atoms with E-state index in [0.29, 0.717) is 35.5 Å². The molecule has 3 heterocycles. The molecule has 1 atom stereocenters. The number of amides is 2. The van der Waals surface area contributed by atoms with Crippen LogP contribution in [0.4, 0.5) is 5.69 Å². The number of rotatable bonds is 6. The molecule has 8 heteroatoms. The molecule has 1 aliphatic heterocycles. The van der Waals surface area contributed by atoms with Crippen molar-refractivity contribution >= 4 is 17.5 Å². The smallest absolute Gasteiger partial charge is 0.259 e. The molecule has 0 saturated carbocycles. The SMILES string of the molecule is COc1cccc(NC(=O)c2cnn3c2C[C@H](CNC(=O)c2cccnc2)CC3)c1. The first kappa shape index (κ1) is 19.6. The number of hydrogen-bond acceptors (Lipinski definition) is 5. The van der Waals surface area contributed by atoms with Crippen molar-refractivity contribution in [1.82, 2.24) is 20.1 Å². The molecule has 1 aromatic carbocycles. The lowest BCUT2D eigenvalue weighted by molar-refractivity contribution is 0.0942. The molecule has 2 amide bonds. The van der Waals surface area contributed by atoms with Crippen molar-refractivity contribution in [2.24, 2.45) is 5.92 Å². The molecule has 0 unspecified atom stereocenters. The summed E-state index contributed by atoms with van der Waals surface area (Å²) in [6, 6.07) is 10.7. The molecular weight excluding hydrogens is 382 g/mol. The minimum Gasteiger partial charge on any atom is -0.497 e. The van der Waals surface area contributed by atoms with E-state index in [1.807, 2.05) is 22.9 Å². The Kier molecular flexibility index (Phi) is 5.74. The molecule has 154 valence electrons. The Balaban J connectivity index is 1.40. The Bertz CT molecular complexity index is 1050. The number of nitrogens with one attached hydrogen (secondary N) is 2. The predicted molar refractivity (Wildman–Crippen MR) is 112 cm³/mol. The second-order valence-corrected chi connectivity index (χ2v) is 7.22. The van der Waals surface area contributed by atoms with Gasteiger partial charge in [-0.3, -0.25) is 19.3 Å². The second-order valence-electron chi connectivity index (χ2n) is 7.22. The number of methoxy groups -OCH3 is 1. The number of fused-ring (bicyclic) bond motifs is 1. The third kappa shape index (κ3) is 4.32. The van der Waals surface area contributed by atoms with Gasteiger partial charge in [-0.1, -0.05) is 6.07 Å². The highest BCUT2D eigenvalue weighted by molar-refractivity contribution is 6.05. The third-order valence-corrected chi connectivity index (χ3v) is 5.23. The van der Waals surface area contributed by atoms with Crippen LogP contribution in [0.15, 0.2) is 55.0 Å². The van der Waals surface area contributed by atoms with Crippen LogP contribution in [0.3, 0.4) is 0 Å². The first-order valence-electron chi connectivity index (χ1n) is 9.82. The minimum atomic E-state index is -0.204. The Morgan fingerprint density at radius 1 is 1.20 bits per heavy atom. The summed E-state index contributed by atoms with van der Waals surface area (Å²) in [5.41, 5.74) is 2.65. The molecule has 2 N–H and O–H groups in total. The Morgan fingerprint density at radius 3 is 2.90 bits per heavy atom. The standard InChI is InChI=1S/C22H23N5O3/c1-30-18-6-2-5-17(11-18)26-22(29)19-14-25-27-9-7-15(10-20(19)27)12-24-21(28)16-4-3-8-23-13-16/h2-6,8,11,13-15H,7,9-10,12H2,1H3,(H,24,28)(H,26,29)/t15-/m1/s1. The number of nitrogens with zero attached hydrogens (tertiary/aromatic N) is 3. The van der Waals surface area contributed by atoms with Crippen LogP contribution in [-0.2, 0) is 13.0 Å². The van der Waals surface area contributed by atoms with Crippen LogP contribution >= 0.6 is 0 Å². The van der Waals surface area contributed by atoms with Gasteiger partial charge < -0.3 is 15.4 Å². The number of carbonyl (C=O) groups excluding carboxylic acids is 2. The highest BCUT2D eigenvalue weighted by Gasteiger charge is 2.25. The fourth-order valence-corrected chi connectivity index (χ4v) is 3.60. The molecule has 8 nitrogen and oxygen atoms in total. The number of aromatic nitrogens is 3. The van der Waals surface area contributed by atoms with E-state index in [0.717, 1.165) is 18.7 Å². The van der Waals surface area contributed by atoms with Gasteiger partial charge in [-0.25, -0.2) is 0 Å². The van der Waals surface area contributed by atoms with Crippen LogP contribution in [0.25, 0.3) is 0 Å². The summed E-state index contributed by atoms with van der Waals surface area (Å²) >= 11 is 0. The van der Waals surface area contributed by atoms with Gasteiger partial charge in [-0.05, 0) is 43.0 Å². The summed E-state index contributed by atoms with van der Waals surface area (Å²) < 4.78 is 7.08. The van der Waals surface area contributed by atoms with Crippen molar-refractivity contribution in [3.8, 4) is 5.75 Å². The van der Waals surface area contributed by atoms with Gasteiger partial charge >= 0.3 is 0 Å². The predicted octanol–water partition coefficient (Wildman–Crippen LogP) is 2.53. The number of carbonyl (C=O) groups is 2. The van der Waals surface area contributed by atoms with Crippen molar-refractivity contribution in [3.05, 3.63) is 71.8 Å². The molecule has 2 aromatic heterocycles. The summed E-state index contributed by atoms with van der Waals surface area (Å²) in [6.45, 7) is 1.26. The average molecular weight is 405 g/mol. The fourth-order valence-electron chi connectivity index (χ4n) is 3.60. The van der Waals surface area contributed by atoms with Crippen LogP contribution in [0.2, 0.25) is 0 Å². The molecule has 3 aromatic rings. The lowest BCUT2D eigenvalue weighted by Crippen LogP contribution is -2.33. The molecule has 30 heavy (non-hydrogen) atoms. The largest absolute Gasteiger partial charge is 0.497 e. The van der Waals surface area contributed by atoms with Crippen molar-refractivity contribution in [2.75, 3.05) is 19.0 Å². The molecule has 0 aliphatic carbocycles. The maximum Gasteiger partial charge on any atom is 0.259 e. The molecular formula is C22H23N5O3. The zero-order valence-corrected chi connectivity index (χ0v) is 16.7. The van der Waals surface area contributed by atoms with E-state index < -0.39 is 0 Å². The summed E-state index contributed by atoms with van der Waals surface area (Å²) in [5.74, 6) is 0.565. The summed E-state index contributed by atoms with van der Waals surface area (Å²) in [4.78, 5) is 29.1. The number of aryl methyl sites for hydroxylation is 1. The van der Waals surface area contributed by atoms with Gasteiger partial charge in [0.15, 0.2) is 0 Å². The Morgan fingerprint density at radius 2 is 2.10 bits per heavy atom. The summed E-state index contributed by atoms with van der Waals surface area (Å²) in [7, 11) is 1.59. The summed E-state index contributed by atoms with van der Waals surface area (Å²) in [6.07, 6.45) is 6.36. The molecule has 0 bridgehead atoms. The van der Waals surface area contributed by atoms with Gasteiger partial charge in [0.1, 0.15) is 5.75 Å². The average Bonchev–Trinajstić information content (AvgIpc) is 3.21. The molecule has 1 aliphatic rings. The van der Waals surface area contributed by atoms with Crippen LogP contribution in [0.5, 0.6) is 5.75 Å². The van der Waals surface area contributed by atoms with Crippen molar-refractivity contribution in [3.63, 3.8) is 0 Å². The normalized spacial score (nSPS) is 15.2. The topological polar surface area (TPSA) is 98.1 Å². The minimum absolute atomic E-state index is 0.141. The molecule has 0 radical (unpaired) electrons. The third-order valence-electron chi connectivity index (χ3n) is 5.23. The summed E-state index contributed by atoms with van der Waals surface area (Å²) in [5, 5.41) is 10.2. The van der Waals surface area contributed by atoms with Gasteiger partial charge in [-0.15, -0.1) is 0 Å². The maximum atomic E-state index is 12.8. The monoisotopic (exact) mass is 405 g/mol. The van der Waals surface area contributed by atoms with Gasteiger partial charge in [0.25, 0.3) is 11.8 Å². The molecule has 0 fully saturated rings. The highest BCUT2D eigenvalue weighted by atomic mass is 16.5. The van der Waals surface area contributed by atoms with Crippen LogP contribution in [-0.4, -0.2) is 40.2 Å². The van der Waals surface area contributed by atoms with Crippen LogP contribution < -0.4 is 15.4 Å². The van der Waals surface area contributed by atoms with Gasteiger partial charge in [0.2, 0.25) is 0 Å². The lowest BCUT2D eigenvalue weighted by atomic mass is 9.94. The highest BCUT2D eigenvalue weighted by Crippen LogP contribution is 2.24. The number of pyridine rings is 1. The van der Waals surface area contributed by atoms with Gasteiger partial charge in [0, 0.05) is 37.2 Å². The van der Waals surface area contributed by atoms with Crippen molar-refractivity contribution in [2.45, 2.75) is 19.4 Å². The van der Waals surface area contributed by atoms with E-state index >= 15 is 0 Å². The maximum absolute atomic E-state index is 12.8. The zero-order valence-electron chi connectivity index (χ0n) is 16.7. The van der Waals surface area contributed by atoms with Crippen LogP contribution in [0.1, 0.15) is 32.8 Å². The lowest BCUT2D eigenvalue weighted by Gasteiger charge is -2.24. The zero-order chi connectivity index (χ0) is 20.9. The van der Waals surface area contributed by atoms with E-state index in [2.05, 4.69) is 20.7 Å². The van der Waals surface area contributed by atoms with E-state index in [-0.39, 0.29) is 17.7 Å². The van der Waals surface area contributed by atoms with Crippen molar-refractivity contribution < 1.29 is 14.3 Å². The van der Waals surface area contributed by atoms with Crippen LogP contribution in [0, 0.1) is 5.92 Å². The Hall–Kier alpha value is -3.68. The fraction of sp³-hybridized carbons (Fsp3) is 0.273. The number of benzene rings is 1. The van der Waals surface area contributed by atoms with E-state index in [4.69, 9.17) is 4.74 Å². The molecule has 0 saturated heterocycles. The van der Waals surface area contributed by atoms with E-state index in [1.54, 1.807) is 43.9 Å². The number of anilines is 1. The first-order valence-corrected chi connectivity index (χ1v) is 9.82. The second kappa shape index (κ2) is 8.77. The quantitative estimate of drug-likeness (QED) is 0.657. The van der Waals surface area contributed by atoms with E-state index in [9.17, 15) is 9.59 Å². The van der Waals surface area contributed by atoms with Gasteiger partial charge in [0.05, 0.1) is 30.1 Å². The molecule has 0 spiro atoms. The van der Waals surface area contributed by atoms with Gasteiger partial charge in [-0.2, -0.15) is 5.10 Å². The molecule has 4 rings (SSSR count). The number of hydrogen-bond donors (Lipinski definition) is 2. The Labute approximate surface area is 174 Å². The van der Waals surface area contributed by atoms with E-state index in [1.165, 1.54) is 0 Å². The first-order chi connectivity index (χ1) is 14.6. The number of ether oxygens (including phenoxy) is 1.